The van der Waals surface area contributed by atoms with E-state index in [9.17, 15) is 4.79 Å². The number of amides is 1. The molecule has 0 saturated carbocycles. The molecule has 120 valence electrons. The summed E-state index contributed by atoms with van der Waals surface area (Å²) in [6, 6.07) is 11.8. The van der Waals surface area contributed by atoms with Crippen molar-refractivity contribution in [1.29, 1.82) is 0 Å². The van der Waals surface area contributed by atoms with E-state index in [1.807, 2.05) is 0 Å². The van der Waals surface area contributed by atoms with Crippen LogP contribution in [-0.4, -0.2) is 15.9 Å². The molecule has 0 fully saturated rings. The standard InChI is InChI=1S/C17H12Cl2N4O/c18-13-2-1-7-21-16(13)10-3-5-12(14(20)8-10)17(24)23-11-4-6-15(19)22-9-11/h1-9H,20H2,(H,23,24). The van der Waals surface area contributed by atoms with Crippen LogP contribution in [0.25, 0.3) is 11.3 Å². The third-order valence-corrected chi connectivity index (χ3v) is 3.84. The van der Waals surface area contributed by atoms with E-state index < -0.39 is 0 Å². The zero-order chi connectivity index (χ0) is 17.1. The maximum Gasteiger partial charge on any atom is 0.257 e. The van der Waals surface area contributed by atoms with Crippen molar-refractivity contribution in [2.45, 2.75) is 0 Å². The summed E-state index contributed by atoms with van der Waals surface area (Å²) in [6.45, 7) is 0. The third kappa shape index (κ3) is 3.48. The van der Waals surface area contributed by atoms with Crippen LogP contribution in [0.5, 0.6) is 0 Å². The zero-order valence-corrected chi connectivity index (χ0v) is 13.8. The van der Waals surface area contributed by atoms with Gasteiger partial charge in [0.25, 0.3) is 5.91 Å². The molecular formula is C17H12Cl2N4O. The predicted octanol–water partition coefficient (Wildman–Crippen LogP) is 4.28. The molecule has 7 heteroatoms. The molecule has 2 aromatic heterocycles. The lowest BCUT2D eigenvalue weighted by molar-refractivity contribution is 0.102. The summed E-state index contributed by atoms with van der Waals surface area (Å²) in [4.78, 5) is 20.5. The van der Waals surface area contributed by atoms with Crippen molar-refractivity contribution in [2.24, 2.45) is 0 Å². The number of anilines is 2. The van der Waals surface area contributed by atoms with Crippen molar-refractivity contribution in [3.05, 3.63) is 70.6 Å². The second-order valence-electron chi connectivity index (χ2n) is 4.96. The fraction of sp³-hybridized carbons (Fsp3) is 0. The van der Waals surface area contributed by atoms with E-state index in [1.165, 1.54) is 6.20 Å². The maximum absolute atomic E-state index is 12.3. The molecule has 0 aliphatic carbocycles. The van der Waals surface area contributed by atoms with Crippen LogP contribution in [0.4, 0.5) is 11.4 Å². The number of halogens is 2. The van der Waals surface area contributed by atoms with Crippen molar-refractivity contribution in [3.8, 4) is 11.3 Å². The number of nitrogen functional groups attached to an aromatic ring is 1. The molecule has 0 bridgehead atoms. The highest BCUT2D eigenvalue weighted by molar-refractivity contribution is 6.33. The summed E-state index contributed by atoms with van der Waals surface area (Å²) < 4.78 is 0. The molecule has 0 radical (unpaired) electrons. The Balaban J connectivity index is 1.86. The summed E-state index contributed by atoms with van der Waals surface area (Å²) in [5, 5.41) is 3.58. The molecule has 3 rings (SSSR count). The minimum absolute atomic E-state index is 0.327. The smallest absolute Gasteiger partial charge is 0.257 e. The average Bonchev–Trinajstić information content (AvgIpc) is 2.57. The fourth-order valence-electron chi connectivity index (χ4n) is 2.16. The number of nitrogens with two attached hydrogens (primary N) is 1. The molecule has 3 aromatic rings. The highest BCUT2D eigenvalue weighted by atomic mass is 35.5. The molecule has 0 spiro atoms. The molecule has 5 nitrogen and oxygen atoms in total. The van der Waals surface area contributed by atoms with Gasteiger partial charge < -0.3 is 11.1 Å². The van der Waals surface area contributed by atoms with Crippen LogP contribution in [-0.2, 0) is 0 Å². The lowest BCUT2D eigenvalue weighted by atomic mass is 10.1. The molecular weight excluding hydrogens is 347 g/mol. The predicted molar refractivity (Wildman–Crippen MR) is 96.3 cm³/mol. The largest absolute Gasteiger partial charge is 0.398 e. The number of benzene rings is 1. The minimum Gasteiger partial charge on any atom is -0.398 e. The topological polar surface area (TPSA) is 80.9 Å². The molecule has 1 aromatic carbocycles. The molecule has 0 aliphatic heterocycles. The molecule has 0 aliphatic rings. The Labute approximate surface area is 148 Å². The monoisotopic (exact) mass is 358 g/mol. The first-order chi connectivity index (χ1) is 11.5. The van der Waals surface area contributed by atoms with Crippen LogP contribution in [0.1, 0.15) is 10.4 Å². The lowest BCUT2D eigenvalue weighted by Crippen LogP contribution is -2.14. The third-order valence-electron chi connectivity index (χ3n) is 3.31. The van der Waals surface area contributed by atoms with Crippen molar-refractivity contribution in [1.82, 2.24) is 9.97 Å². The van der Waals surface area contributed by atoms with Crippen molar-refractivity contribution >= 4 is 40.5 Å². The zero-order valence-electron chi connectivity index (χ0n) is 12.3. The van der Waals surface area contributed by atoms with E-state index in [0.717, 1.165) is 5.56 Å². The van der Waals surface area contributed by atoms with Gasteiger partial charge in [0, 0.05) is 17.4 Å². The fourth-order valence-corrected chi connectivity index (χ4v) is 2.51. The minimum atomic E-state index is -0.338. The van der Waals surface area contributed by atoms with E-state index >= 15 is 0 Å². The van der Waals surface area contributed by atoms with E-state index in [-0.39, 0.29) is 5.91 Å². The molecule has 0 saturated heterocycles. The van der Waals surface area contributed by atoms with Gasteiger partial charge in [-0.1, -0.05) is 29.3 Å². The van der Waals surface area contributed by atoms with Gasteiger partial charge in [0.1, 0.15) is 5.15 Å². The molecule has 24 heavy (non-hydrogen) atoms. The summed E-state index contributed by atoms with van der Waals surface area (Å²) >= 11 is 11.9. The first-order valence-electron chi connectivity index (χ1n) is 6.98. The van der Waals surface area contributed by atoms with E-state index in [1.54, 1.807) is 48.7 Å². The van der Waals surface area contributed by atoms with Crippen LogP contribution < -0.4 is 11.1 Å². The first-order valence-corrected chi connectivity index (χ1v) is 7.73. The summed E-state index contributed by atoms with van der Waals surface area (Å²) in [7, 11) is 0. The normalized spacial score (nSPS) is 10.4. The number of nitrogens with zero attached hydrogens (tertiary/aromatic N) is 2. The van der Waals surface area contributed by atoms with Crippen LogP contribution in [0, 0.1) is 0 Å². The Morgan fingerprint density at radius 2 is 1.92 bits per heavy atom. The number of pyridine rings is 2. The second kappa shape index (κ2) is 6.86. The van der Waals surface area contributed by atoms with Crippen LogP contribution in [0.15, 0.2) is 54.9 Å². The number of carbonyl (C=O) groups excluding carboxylic acids is 1. The molecule has 3 N–H and O–H groups in total. The van der Waals surface area contributed by atoms with Gasteiger partial charge in [0.15, 0.2) is 0 Å². The molecule has 2 heterocycles. The Morgan fingerprint density at radius 3 is 2.58 bits per heavy atom. The van der Waals surface area contributed by atoms with Crippen LogP contribution >= 0.6 is 23.2 Å². The molecule has 0 atom stereocenters. The number of hydrogen-bond donors (Lipinski definition) is 2. The maximum atomic E-state index is 12.3. The summed E-state index contributed by atoms with van der Waals surface area (Å²) in [6.07, 6.45) is 3.12. The Bertz CT molecular complexity index is 897. The van der Waals surface area contributed by atoms with Gasteiger partial charge in [-0.2, -0.15) is 0 Å². The number of rotatable bonds is 3. The van der Waals surface area contributed by atoms with Crippen molar-refractivity contribution in [2.75, 3.05) is 11.1 Å². The van der Waals surface area contributed by atoms with Gasteiger partial charge >= 0.3 is 0 Å². The number of nitrogens with one attached hydrogen (secondary N) is 1. The van der Waals surface area contributed by atoms with E-state index in [2.05, 4.69) is 15.3 Å². The number of hydrogen-bond acceptors (Lipinski definition) is 4. The Kier molecular flexibility index (Phi) is 4.64. The molecule has 1 amide bonds. The highest BCUT2D eigenvalue weighted by Crippen LogP contribution is 2.28. The number of aromatic nitrogens is 2. The van der Waals surface area contributed by atoms with Gasteiger partial charge in [-0.05, 0) is 36.4 Å². The van der Waals surface area contributed by atoms with Crippen LogP contribution in [0.3, 0.4) is 0 Å². The van der Waals surface area contributed by atoms with Crippen LogP contribution in [0.2, 0.25) is 10.2 Å². The van der Waals surface area contributed by atoms with E-state index in [4.69, 9.17) is 28.9 Å². The van der Waals surface area contributed by atoms with Crippen molar-refractivity contribution in [3.63, 3.8) is 0 Å². The molecule has 0 unspecified atom stereocenters. The Morgan fingerprint density at radius 1 is 1.08 bits per heavy atom. The van der Waals surface area contributed by atoms with Gasteiger partial charge in [-0.15, -0.1) is 0 Å². The average molecular weight is 359 g/mol. The highest BCUT2D eigenvalue weighted by Gasteiger charge is 2.13. The Hall–Kier alpha value is -2.63. The summed E-state index contributed by atoms with van der Waals surface area (Å²) in [5.74, 6) is -0.338. The SMILES string of the molecule is Nc1cc(-c2ncccc2Cl)ccc1C(=O)Nc1ccc(Cl)nc1. The lowest BCUT2D eigenvalue weighted by Gasteiger charge is -2.10. The second-order valence-corrected chi connectivity index (χ2v) is 5.75. The summed E-state index contributed by atoms with van der Waals surface area (Å²) in [5.41, 5.74) is 8.57. The van der Waals surface area contributed by atoms with Gasteiger partial charge in [0.05, 0.1) is 28.2 Å². The van der Waals surface area contributed by atoms with Gasteiger partial charge in [0.2, 0.25) is 0 Å². The first kappa shape index (κ1) is 16.2. The van der Waals surface area contributed by atoms with Crippen molar-refractivity contribution < 1.29 is 4.79 Å². The number of carbonyl (C=O) groups is 1. The van der Waals surface area contributed by atoms with Gasteiger partial charge in [-0.3, -0.25) is 9.78 Å². The quantitative estimate of drug-likeness (QED) is 0.540. The van der Waals surface area contributed by atoms with E-state index in [0.29, 0.717) is 32.8 Å². The van der Waals surface area contributed by atoms with Gasteiger partial charge in [-0.25, -0.2) is 4.98 Å².